The maximum atomic E-state index is 11.4. The lowest BCUT2D eigenvalue weighted by Crippen LogP contribution is -2.47. The average molecular weight is 318 g/mol. The Labute approximate surface area is 137 Å². The van der Waals surface area contributed by atoms with Crippen molar-refractivity contribution in [3.8, 4) is 0 Å². The van der Waals surface area contributed by atoms with Crippen molar-refractivity contribution in [2.75, 3.05) is 50.7 Å². The molecule has 2 rings (SSSR count). The van der Waals surface area contributed by atoms with Gasteiger partial charge in [-0.15, -0.1) is 0 Å². The first-order chi connectivity index (χ1) is 11.2. The van der Waals surface area contributed by atoms with E-state index in [1.165, 1.54) is 5.69 Å². The molecule has 0 spiro atoms. The number of piperazine rings is 1. The molecule has 1 heterocycles. The predicted molar refractivity (Wildman–Crippen MR) is 91.4 cm³/mol. The highest BCUT2D eigenvalue weighted by Crippen LogP contribution is 2.15. The standard InChI is InChI=1S/C17H26N4O2/c1-2-18-16(22)17(23)19-9-6-10-20-11-13-21(14-12-20)15-7-4-3-5-8-15/h3-5,7-8H,2,6,9-14H2,1H3,(H,18,22)(H,19,23). The van der Waals surface area contributed by atoms with E-state index in [2.05, 4.69) is 44.7 Å². The molecule has 2 amide bonds. The first kappa shape index (κ1) is 17.3. The quantitative estimate of drug-likeness (QED) is 0.590. The van der Waals surface area contributed by atoms with Crippen LogP contribution in [0.15, 0.2) is 30.3 Å². The van der Waals surface area contributed by atoms with E-state index >= 15 is 0 Å². The highest BCUT2D eigenvalue weighted by atomic mass is 16.2. The van der Waals surface area contributed by atoms with E-state index in [0.717, 1.165) is 39.1 Å². The molecule has 0 aliphatic carbocycles. The highest BCUT2D eigenvalue weighted by Gasteiger charge is 2.17. The van der Waals surface area contributed by atoms with Crippen molar-refractivity contribution < 1.29 is 9.59 Å². The molecular weight excluding hydrogens is 292 g/mol. The van der Waals surface area contributed by atoms with Crippen LogP contribution in [0.4, 0.5) is 5.69 Å². The smallest absolute Gasteiger partial charge is 0.309 e. The Balaban J connectivity index is 1.60. The van der Waals surface area contributed by atoms with Gasteiger partial charge in [-0.25, -0.2) is 0 Å². The van der Waals surface area contributed by atoms with Gasteiger partial charge >= 0.3 is 11.8 Å². The molecule has 1 aliphatic heterocycles. The summed E-state index contributed by atoms with van der Waals surface area (Å²) in [6.45, 7) is 7.84. The molecule has 0 atom stereocenters. The lowest BCUT2D eigenvalue weighted by molar-refractivity contribution is -0.139. The number of likely N-dealkylation sites (N-methyl/N-ethyl adjacent to an activating group) is 1. The van der Waals surface area contributed by atoms with Crippen LogP contribution in [0, 0.1) is 0 Å². The number of nitrogens with zero attached hydrogens (tertiary/aromatic N) is 2. The number of amides is 2. The van der Waals surface area contributed by atoms with E-state index in [9.17, 15) is 9.59 Å². The van der Waals surface area contributed by atoms with Crippen LogP contribution in [0.5, 0.6) is 0 Å². The van der Waals surface area contributed by atoms with Gasteiger partial charge in [0.05, 0.1) is 0 Å². The Morgan fingerprint density at radius 2 is 1.65 bits per heavy atom. The summed E-state index contributed by atoms with van der Waals surface area (Å²) in [4.78, 5) is 27.5. The second-order valence-corrected chi connectivity index (χ2v) is 5.63. The zero-order valence-corrected chi connectivity index (χ0v) is 13.8. The molecule has 0 radical (unpaired) electrons. The lowest BCUT2D eigenvalue weighted by atomic mass is 10.2. The molecule has 2 N–H and O–H groups in total. The van der Waals surface area contributed by atoms with Crippen LogP contribution in [0.3, 0.4) is 0 Å². The SMILES string of the molecule is CCNC(=O)C(=O)NCCCN1CCN(c2ccccc2)CC1. The number of para-hydroxylation sites is 1. The van der Waals surface area contributed by atoms with Crippen molar-refractivity contribution in [3.63, 3.8) is 0 Å². The minimum Gasteiger partial charge on any atom is -0.369 e. The van der Waals surface area contributed by atoms with Crippen molar-refractivity contribution in [2.45, 2.75) is 13.3 Å². The molecule has 0 saturated carbocycles. The molecule has 1 aromatic rings. The van der Waals surface area contributed by atoms with Gasteiger partial charge in [0.1, 0.15) is 0 Å². The Kier molecular flexibility index (Phi) is 6.87. The molecule has 6 heteroatoms. The molecule has 1 saturated heterocycles. The fourth-order valence-electron chi connectivity index (χ4n) is 2.69. The van der Waals surface area contributed by atoms with Gasteiger partial charge in [0.15, 0.2) is 0 Å². The molecule has 1 aromatic carbocycles. The van der Waals surface area contributed by atoms with Crippen molar-refractivity contribution in [1.82, 2.24) is 15.5 Å². The summed E-state index contributed by atoms with van der Waals surface area (Å²) in [5.41, 5.74) is 1.28. The molecule has 1 aliphatic rings. The van der Waals surface area contributed by atoms with E-state index in [4.69, 9.17) is 0 Å². The molecule has 0 bridgehead atoms. The van der Waals surface area contributed by atoms with Crippen LogP contribution in [-0.4, -0.2) is 62.5 Å². The predicted octanol–water partition coefficient (Wildman–Crippen LogP) is 0.451. The topological polar surface area (TPSA) is 64.7 Å². The van der Waals surface area contributed by atoms with Crippen LogP contribution in [-0.2, 0) is 9.59 Å². The van der Waals surface area contributed by atoms with Gasteiger partial charge in [-0.2, -0.15) is 0 Å². The summed E-state index contributed by atoms with van der Waals surface area (Å²) in [7, 11) is 0. The van der Waals surface area contributed by atoms with Crippen molar-refractivity contribution in [2.24, 2.45) is 0 Å². The third kappa shape index (κ3) is 5.56. The van der Waals surface area contributed by atoms with E-state index in [-0.39, 0.29) is 0 Å². The van der Waals surface area contributed by atoms with Crippen LogP contribution in [0.25, 0.3) is 0 Å². The Morgan fingerprint density at radius 3 is 2.30 bits per heavy atom. The second kappa shape index (κ2) is 9.15. The number of carbonyl (C=O) groups is 2. The number of rotatable bonds is 6. The molecule has 6 nitrogen and oxygen atoms in total. The number of anilines is 1. The van der Waals surface area contributed by atoms with Crippen LogP contribution in [0.2, 0.25) is 0 Å². The van der Waals surface area contributed by atoms with Crippen molar-refractivity contribution in [3.05, 3.63) is 30.3 Å². The Bertz CT molecular complexity index is 499. The third-order valence-electron chi connectivity index (χ3n) is 3.97. The van der Waals surface area contributed by atoms with E-state index in [0.29, 0.717) is 13.1 Å². The Morgan fingerprint density at radius 1 is 1.00 bits per heavy atom. The molecular formula is C17H26N4O2. The fraction of sp³-hybridized carbons (Fsp3) is 0.529. The molecule has 0 aromatic heterocycles. The minimum absolute atomic E-state index is 0.470. The summed E-state index contributed by atoms with van der Waals surface area (Å²) < 4.78 is 0. The monoisotopic (exact) mass is 318 g/mol. The van der Waals surface area contributed by atoms with E-state index in [1.807, 2.05) is 6.07 Å². The minimum atomic E-state index is -0.552. The summed E-state index contributed by atoms with van der Waals surface area (Å²) in [6.07, 6.45) is 0.858. The molecule has 1 fully saturated rings. The summed E-state index contributed by atoms with van der Waals surface area (Å²) in [5.74, 6) is -1.09. The van der Waals surface area contributed by atoms with Gasteiger partial charge in [0.25, 0.3) is 0 Å². The number of hydrogen-bond donors (Lipinski definition) is 2. The summed E-state index contributed by atoms with van der Waals surface area (Å²) in [5, 5.41) is 5.14. The zero-order valence-electron chi connectivity index (χ0n) is 13.8. The van der Waals surface area contributed by atoms with Crippen molar-refractivity contribution >= 4 is 17.5 Å². The van der Waals surface area contributed by atoms with Gasteiger partial charge in [-0.1, -0.05) is 18.2 Å². The lowest BCUT2D eigenvalue weighted by Gasteiger charge is -2.36. The van der Waals surface area contributed by atoms with Crippen LogP contribution < -0.4 is 15.5 Å². The maximum Gasteiger partial charge on any atom is 0.309 e. The number of hydrogen-bond acceptors (Lipinski definition) is 4. The normalized spacial score (nSPS) is 15.3. The number of carbonyl (C=O) groups excluding carboxylic acids is 2. The highest BCUT2D eigenvalue weighted by molar-refractivity contribution is 6.35. The molecule has 126 valence electrons. The second-order valence-electron chi connectivity index (χ2n) is 5.63. The van der Waals surface area contributed by atoms with Gasteiger partial charge < -0.3 is 15.5 Å². The molecule has 23 heavy (non-hydrogen) atoms. The Hall–Kier alpha value is -2.08. The fourth-order valence-corrected chi connectivity index (χ4v) is 2.69. The maximum absolute atomic E-state index is 11.4. The third-order valence-corrected chi connectivity index (χ3v) is 3.97. The number of benzene rings is 1. The van der Waals surface area contributed by atoms with Crippen LogP contribution in [0.1, 0.15) is 13.3 Å². The van der Waals surface area contributed by atoms with E-state index < -0.39 is 11.8 Å². The summed E-state index contributed by atoms with van der Waals surface area (Å²) >= 11 is 0. The van der Waals surface area contributed by atoms with Crippen molar-refractivity contribution in [1.29, 1.82) is 0 Å². The average Bonchev–Trinajstić information content (AvgIpc) is 2.60. The van der Waals surface area contributed by atoms with Gasteiger partial charge in [0.2, 0.25) is 0 Å². The van der Waals surface area contributed by atoms with Gasteiger partial charge in [-0.3, -0.25) is 14.5 Å². The van der Waals surface area contributed by atoms with Gasteiger partial charge in [-0.05, 0) is 32.0 Å². The first-order valence-corrected chi connectivity index (χ1v) is 8.29. The van der Waals surface area contributed by atoms with Crippen LogP contribution >= 0.6 is 0 Å². The van der Waals surface area contributed by atoms with E-state index in [1.54, 1.807) is 6.92 Å². The number of nitrogens with one attached hydrogen (secondary N) is 2. The molecule has 0 unspecified atom stereocenters. The summed E-state index contributed by atoms with van der Waals surface area (Å²) in [6, 6.07) is 10.5. The zero-order chi connectivity index (χ0) is 16.5. The first-order valence-electron chi connectivity index (χ1n) is 8.29. The largest absolute Gasteiger partial charge is 0.369 e. The van der Waals surface area contributed by atoms with Gasteiger partial charge in [0, 0.05) is 45.0 Å².